The van der Waals surface area contributed by atoms with Crippen LogP contribution in [-0.4, -0.2) is 64.6 Å². The summed E-state index contributed by atoms with van der Waals surface area (Å²) in [5.74, 6) is -1.12. The van der Waals surface area contributed by atoms with Gasteiger partial charge < -0.3 is 20.1 Å². The summed E-state index contributed by atoms with van der Waals surface area (Å²) in [4.78, 5) is 22.7. The van der Waals surface area contributed by atoms with E-state index in [0.717, 1.165) is 4.31 Å². The van der Waals surface area contributed by atoms with Crippen LogP contribution in [0.1, 0.15) is 0 Å². The summed E-state index contributed by atoms with van der Waals surface area (Å²) in [6.45, 7) is 0.242. The molecule has 0 spiro atoms. The molecule has 1 unspecified atom stereocenters. The van der Waals surface area contributed by atoms with E-state index in [4.69, 9.17) is 9.47 Å². The summed E-state index contributed by atoms with van der Waals surface area (Å²) in [6.07, 6.45) is -0.870. The van der Waals surface area contributed by atoms with Crippen LogP contribution in [0.3, 0.4) is 0 Å². The number of nitrogens with one attached hydrogen (secondary N) is 2. The minimum absolute atomic E-state index is 0.0939. The van der Waals surface area contributed by atoms with Gasteiger partial charge in [-0.1, -0.05) is 0 Å². The molecular formula is C14H19N3O6S. The lowest BCUT2D eigenvalue weighted by Gasteiger charge is -2.22. The summed E-state index contributed by atoms with van der Waals surface area (Å²) in [7, 11) is -0.969. The van der Waals surface area contributed by atoms with Crippen molar-refractivity contribution >= 4 is 21.8 Å². The molecule has 2 rings (SSSR count). The molecule has 1 aliphatic rings. The second-order valence-corrected chi connectivity index (χ2v) is 6.80. The molecular weight excluding hydrogens is 338 g/mol. The molecule has 2 N–H and O–H groups in total. The summed E-state index contributed by atoms with van der Waals surface area (Å²) in [5.41, 5.74) is 0. The number of amides is 2. The number of sulfonamides is 1. The van der Waals surface area contributed by atoms with Gasteiger partial charge in [-0.2, -0.15) is 4.31 Å². The van der Waals surface area contributed by atoms with Crippen molar-refractivity contribution < 1.29 is 27.5 Å². The first-order valence-corrected chi connectivity index (χ1v) is 8.61. The summed E-state index contributed by atoms with van der Waals surface area (Å²) in [6, 6.07) is 5.97. The van der Waals surface area contributed by atoms with Crippen LogP contribution in [0.25, 0.3) is 0 Å². The van der Waals surface area contributed by atoms with Crippen molar-refractivity contribution in [1.29, 1.82) is 0 Å². The summed E-state index contributed by atoms with van der Waals surface area (Å²) < 4.78 is 36.9. The first kappa shape index (κ1) is 18.2. The first-order chi connectivity index (χ1) is 11.4. The normalized spacial score (nSPS) is 18.2. The second-order valence-electron chi connectivity index (χ2n) is 4.91. The zero-order chi connectivity index (χ0) is 17.7. The zero-order valence-corrected chi connectivity index (χ0v) is 14.1. The molecule has 0 aromatic heterocycles. The predicted octanol–water partition coefficient (Wildman–Crippen LogP) is -1.10. The largest absolute Gasteiger partial charge is 0.497 e. The van der Waals surface area contributed by atoms with E-state index >= 15 is 0 Å². The van der Waals surface area contributed by atoms with E-state index in [0.29, 0.717) is 5.75 Å². The van der Waals surface area contributed by atoms with Crippen LogP contribution in [0, 0.1) is 0 Å². The smallest absolute Gasteiger partial charge is 0.309 e. The molecule has 10 heteroatoms. The number of benzene rings is 1. The highest BCUT2D eigenvalue weighted by atomic mass is 32.2. The number of nitrogens with zero attached hydrogens (tertiary/aromatic N) is 1. The monoisotopic (exact) mass is 357 g/mol. The summed E-state index contributed by atoms with van der Waals surface area (Å²) in [5, 5.41) is 4.53. The quantitative estimate of drug-likeness (QED) is 0.647. The van der Waals surface area contributed by atoms with Gasteiger partial charge in [0.2, 0.25) is 10.0 Å². The maximum absolute atomic E-state index is 12.7. The lowest BCUT2D eigenvalue weighted by molar-refractivity contribution is -0.139. The van der Waals surface area contributed by atoms with Crippen molar-refractivity contribution in [3.63, 3.8) is 0 Å². The zero-order valence-electron chi connectivity index (χ0n) is 13.3. The standard InChI is InChI=1S/C14H19N3O6S/c1-15-13(18)14(19)16-9-12-17(7-8-23-12)24(20,21)11-5-3-10(22-2)4-6-11/h3-6,12H,7-9H2,1-2H3,(H,15,18)(H,16,19). The summed E-state index contributed by atoms with van der Waals surface area (Å²) >= 11 is 0. The fraction of sp³-hybridized carbons (Fsp3) is 0.429. The van der Waals surface area contributed by atoms with Crippen LogP contribution >= 0.6 is 0 Å². The molecule has 0 radical (unpaired) electrons. The average molecular weight is 357 g/mol. The number of ether oxygens (including phenoxy) is 2. The highest BCUT2D eigenvalue weighted by molar-refractivity contribution is 7.89. The van der Waals surface area contributed by atoms with E-state index in [1.54, 1.807) is 12.1 Å². The molecule has 0 aliphatic carbocycles. The molecule has 1 aliphatic heterocycles. The number of hydrogen-bond donors (Lipinski definition) is 2. The lowest BCUT2D eigenvalue weighted by Crippen LogP contribution is -2.46. The third kappa shape index (κ3) is 3.83. The van der Waals surface area contributed by atoms with E-state index in [1.165, 1.54) is 26.3 Å². The van der Waals surface area contributed by atoms with Gasteiger partial charge in [0.25, 0.3) is 0 Å². The van der Waals surface area contributed by atoms with Gasteiger partial charge in [0.1, 0.15) is 12.0 Å². The minimum Gasteiger partial charge on any atom is -0.497 e. The average Bonchev–Trinajstić information content (AvgIpc) is 3.08. The van der Waals surface area contributed by atoms with E-state index in [-0.39, 0.29) is 24.6 Å². The van der Waals surface area contributed by atoms with Crippen LogP contribution in [0.4, 0.5) is 0 Å². The van der Waals surface area contributed by atoms with Crippen LogP contribution in [0.5, 0.6) is 5.75 Å². The fourth-order valence-electron chi connectivity index (χ4n) is 2.20. The predicted molar refractivity (Wildman–Crippen MR) is 83.7 cm³/mol. The van der Waals surface area contributed by atoms with Crippen LogP contribution in [0.15, 0.2) is 29.2 Å². The second kappa shape index (κ2) is 7.60. The molecule has 1 atom stereocenters. The molecule has 1 saturated heterocycles. The van der Waals surface area contributed by atoms with Gasteiger partial charge >= 0.3 is 11.8 Å². The molecule has 9 nitrogen and oxygen atoms in total. The number of likely N-dealkylation sites (N-methyl/N-ethyl adjacent to an activating group) is 1. The minimum atomic E-state index is -3.79. The Morgan fingerprint density at radius 1 is 1.29 bits per heavy atom. The Bertz CT molecular complexity index is 704. The van der Waals surface area contributed by atoms with Crippen molar-refractivity contribution in [2.75, 3.05) is 33.9 Å². The molecule has 24 heavy (non-hydrogen) atoms. The van der Waals surface area contributed by atoms with Gasteiger partial charge in [-0.25, -0.2) is 8.42 Å². The van der Waals surface area contributed by atoms with Gasteiger partial charge in [-0.15, -0.1) is 0 Å². The van der Waals surface area contributed by atoms with Crippen molar-refractivity contribution in [3.8, 4) is 5.75 Å². The molecule has 0 saturated carbocycles. The van der Waals surface area contributed by atoms with E-state index in [1.807, 2.05) is 0 Å². The van der Waals surface area contributed by atoms with E-state index in [9.17, 15) is 18.0 Å². The Kier molecular flexibility index (Phi) is 5.75. The Labute approximate surface area is 140 Å². The maximum atomic E-state index is 12.7. The Hall–Kier alpha value is -2.17. The Morgan fingerprint density at radius 3 is 2.54 bits per heavy atom. The lowest BCUT2D eigenvalue weighted by atomic mass is 10.3. The van der Waals surface area contributed by atoms with Crippen LogP contribution in [-0.2, 0) is 24.3 Å². The molecule has 132 valence electrons. The highest BCUT2D eigenvalue weighted by Crippen LogP contribution is 2.23. The number of hydrogen-bond acceptors (Lipinski definition) is 6. The number of carbonyl (C=O) groups is 2. The van der Waals surface area contributed by atoms with Crippen LogP contribution < -0.4 is 15.4 Å². The topological polar surface area (TPSA) is 114 Å². The third-order valence-electron chi connectivity index (χ3n) is 3.48. The van der Waals surface area contributed by atoms with Gasteiger partial charge in [0.05, 0.1) is 25.2 Å². The first-order valence-electron chi connectivity index (χ1n) is 7.17. The van der Waals surface area contributed by atoms with E-state index in [2.05, 4.69) is 10.6 Å². The van der Waals surface area contributed by atoms with Crippen molar-refractivity contribution in [2.24, 2.45) is 0 Å². The van der Waals surface area contributed by atoms with Gasteiger partial charge in [-0.3, -0.25) is 9.59 Å². The Balaban J connectivity index is 2.10. The van der Waals surface area contributed by atoms with Gasteiger partial charge in [0, 0.05) is 13.6 Å². The molecule has 1 aromatic rings. The van der Waals surface area contributed by atoms with E-state index < -0.39 is 28.1 Å². The fourth-order valence-corrected chi connectivity index (χ4v) is 3.71. The van der Waals surface area contributed by atoms with Gasteiger partial charge in [0.15, 0.2) is 0 Å². The molecule has 2 amide bonds. The van der Waals surface area contributed by atoms with Gasteiger partial charge in [-0.05, 0) is 24.3 Å². The molecule has 1 aromatic carbocycles. The third-order valence-corrected chi connectivity index (χ3v) is 5.38. The molecule has 1 heterocycles. The van der Waals surface area contributed by atoms with Crippen molar-refractivity contribution in [1.82, 2.24) is 14.9 Å². The van der Waals surface area contributed by atoms with Crippen LogP contribution in [0.2, 0.25) is 0 Å². The number of carbonyl (C=O) groups excluding carboxylic acids is 2. The highest BCUT2D eigenvalue weighted by Gasteiger charge is 2.36. The maximum Gasteiger partial charge on any atom is 0.309 e. The Morgan fingerprint density at radius 2 is 1.96 bits per heavy atom. The van der Waals surface area contributed by atoms with Crippen molar-refractivity contribution in [2.45, 2.75) is 11.1 Å². The number of methoxy groups -OCH3 is 1. The molecule has 1 fully saturated rings. The van der Waals surface area contributed by atoms with Crippen molar-refractivity contribution in [3.05, 3.63) is 24.3 Å². The molecule has 0 bridgehead atoms. The SMILES string of the molecule is CNC(=O)C(=O)NCC1OCCN1S(=O)(=O)c1ccc(OC)cc1. The number of rotatable bonds is 5.